The van der Waals surface area contributed by atoms with Gasteiger partial charge in [0.2, 0.25) is 6.41 Å². The van der Waals surface area contributed by atoms with Gasteiger partial charge in [-0.15, -0.1) is 0 Å². The number of hydrogen-bond acceptors (Lipinski definition) is 8. The second-order valence-corrected chi connectivity index (χ2v) is 8.32. The second kappa shape index (κ2) is 15.9. The molecule has 7 N–H and O–H groups in total. The number of primary amides is 1. The van der Waals surface area contributed by atoms with Gasteiger partial charge in [-0.05, 0) is 42.0 Å². The van der Waals surface area contributed by atoms with Gasteiger partial charge >= 0.3 is 0 Å². The zero-order valence-electron chi connectivity index (χ0n) is 21.4. The van der Waals surface area contributed by atoms with Crippen molar-refractivity contribution in [3.05, 3.63) is 84.4 Å². The summed E-state index contributed by atoms with van der Waals surface area (Å²) in [6.45, 7) is 2.39. The van der Waals surface area contributed by atoms with Crippen molar-refractivity contribution in [2.45, 2.75) is 18.6 Å². The number of aliphatic hydroxyl groups is 3. The number of amides is 2. The molecule has 1 saturated heterocycles. The molecule has 10 nitrogen and oxygen atoms in total. The van der Waals surface area contributed by atoms with Gasteiger partial charge in [-0.3, -0.25) is 9.59 Å². The molecule has 0 spiro atoms. The van der Waals surface area contributed by atoms with E-state index in [0.717, 1.165) is 18.4 Å². The van der Waals surface area contributed by atoms with Gasteiger partial charge in [-0.25, -0.2) is 0 Å². The maximum atomic E-state index is 12.7. The topological polar surface area (TPSA) is 163 Å². The van der Waals surface area contributed by atoms with Crippen LogP contribution in [-0.2, 0) is 16.0 Å². The molecule has 1 heterocycles. The van der Waals surface area contributed by atoms with E-state index in [-0.39, 0.29) is 12.8 Å². The quantitative estimate of drug-likeness (QED) is 0.229. The van der Waals surface area contributed by atoms with Crippen LogP contribution in [0.1, 0.15) is 5.56 Å². The molecule has 0 bridgehead atoms. The Hall–Kier alpha value is -4.12. The number of nitrogens with two attached hydrogens (primary N) is 2. The number of rotatable bonds is 7. The number of nitrogens with zero attached hydrogens (tertiary/aromatic N) is 2. The highest BCUT2D eigenvalue weighted by molar-refractivity contribution is 5.81. The Morgan fingerprint density at radius 3 is 2.11 bits per heavy atom. The van der Waals surface area contributed by atoms with Gasteiger partial charge < -0.3 is 41.3 Å². The Morgan fingerprint density at radius 1 is 0.921 bits per heavy atom. The molecule has 2 unspecified atom stereocenters. The fourth-order valence-electron chi connectivity index (χ4n) is 3.94. The summed E-state index contributed by atoms with van der Waals surface area (Å²) in [5.74, 6) is 0.833. The van der Waals surface area contributed by atoms with Crippen LogP contribution in [0.2, 0.25) is 0 Å². The lowest BCUT2D eigenvalue weighted by molar-refractivity contribution is -0.146. The van der Waals surface area contributed by atoms with E-state index in [9.17, 15) is 15.0 Å². The van der Waals surface area contributed by atoms with Crippen molar-refractivity contribution < 1.29 is 29.6 Å². The Morgan fingerprint density at radius 2 is 1.53 bits per heavy atom. The number of benzene rings is 3. The van der Waals surface area contributed by atoms with Crippen molar-refractivity contribution >= 4 is 23.7 Å². The summed E-state index contributed by atoms with van der Waals surface area (Å²) in [7, 11) is 1.00. The molecule has 0 aliphatic carbocycles. The van der Waals surface area contributed by atoms with Crippen LogP contribution < -0.4 is 21.1 Å². The fraction of sp³-hybridized carbons (Fsp3) is 0.286. The van der Waals surface area contributed by atoms with Crippen LogP contribution in [0.3, 0.4) is 0 Å². The van der Waals surface area contributed by atoms with Gasteiger partial charge in [0.25, 0.3) is 5.91 Å². The van der Waals surface area contributed by atoms with Crippen LogP contribution in [0.25, 0.3) is 0 Å². The molecule has 1 aliphatic rings. The number of nitrogen functional groups attached to an aromatic ring is 1. The Balaban J connectivity index is 0.000000947. The second-order valence-electron chi connectivity index (χ2n) is 8.32. The van der Waals surface area contributed by atoms with E-state index < -0.39 is 18.1 Å². The molecule has 3 aromatic rings. The first-order chi connectivity index (χ1) is 18.4. The Bertz CT molecular complexity index is 1110. The summed E-state index contributed by atoms with van der Waals surface area (Å²) in [4.78, 5) is 25.1. The molecule has 1 aliphatic heterocycles. The largest absolute Gasteiger partial charge is 0.457 e. The lowest BCUT2D eigenvalue weighted by Gasteiger charge is -2.37. The van der Waals surface area contributed by atoms with Crippen molar-refractivity contribution in [3.63, 3.8) is 0 Å². The van der Waals surface area contributed by atoms with Crippen LogP contribution in [-0.4, -0.2) is 78.0 Å². The summed E-state index contributed by atoms with van der Waals surface area (Å²) in [6.07, 6.45) is -2.24. The summed E-state index contributed by atoms with van der Waals surface area (Å²) in [5, 5.41) is 28.0. The van der Waals surface area contributed by atoms with Crippen molar-refractivity contribution in [1.29, 1.82) is 0 Å². The molecule has 4 rings (SSSR count). The predicted octanol–water partition coefficient (Wildman–Crippen LogP) is 1.38. The summed E-state index contributed by atoms with van der Waals surface area (Å²) >= 11 is 0. The van der Waals surface area contributed by atoms with Gasteiger partial charge in [0, 0.05) is 57.2 Å². The zero-order chi connectivity index (χ0) is 27.9. The number of aliphatic hydroxyl groups excluding tert-OH is 3. The number of carbonyl (C=O) groups excluding carboxylic acids is 2. The molecule has 2 atom stereocenters. The Labute approximate surface area is 222 Å². The van der Waals surface area contributed by atoms with Gasteiger partial charge in [0.05, 0.1) is 6.10 Å². The number of piperazine rings is 1. The van der Waals surface area contributed by atoms with Crippen LogP contribution >= 0.6 is 0 Å². The third-order valence-corrected chi connectivity index (χ3v) is 5.79. The van der Waals surface area contributed by atoms with Crippen molar-refractivity contribution in [2.24, 2.45) is 5.73 Å². The molecule has 0 radical (unpaired) electrons. The molecule has 204 valence electrons. The number of ether oxygens (including phenoxy) is 1. The highest BCUT2D eigenvalue weighted by atomic mass is 16.5. The smallest absolute Gasteiger partial charge is 0.254 e. The third-order valence-electron chi connectivity index (χ3n) is 5.79. The molecular formula is C28H36N4O6. The van der Waals surface area contributed by atoms with E-state index in [4.69, 9.17) is 20.4 Å². The normalized spacial score (nSPS) is 14.1. The number of anilines is 2. The number of carbonyl (C=O) groups is 2. The first-order valence-corrected chi connectivity index (χ1v) is 12.1. The lowest BCUT2D eigenvalue weighted by atomic mass is 10.0. The standard InChI is InChI=1S/C26H29N3O4.CH3NO.CH4O/c27-20-5-4-8-23(18-20)33-22-11-9-19(10-12-22)17-24(30)25(31)26(32)29-15-13-28(14-16-29)21-6-2-1-3-7-21;2-1-3;1-2/h1-12,18,24-25,30-31H,13-17,27H2;1H,(H2,2,3);2H,1H3. The third kappa shape index (κ3) is 9.07. The average molecular weight is 525 g/mol. The maximum Gasteiger partial charge on any atom is 0.254 e. The van der Waals surface area contributed by atoms with Crippen LogP contribution in [0.4, 0.5) is 11.4 Å². The molecule has 3 aromatic carbocycles. The van der Waals surface area contributed by atoms with Crippen LogP contribution in [0, 0.1) is 0 Å². The first-order valence-electron chi connectivity index (χ1n) is 12.1. The van der Waals surface area contributed by atoms with Gasteiger partial charge in [-0.1, -0.05) is 36.4 Å². The van der Waals surface area contributed by atoms with E-state index in [0.29, 0.717) is 43.4 Å². The molecular weight excluding hydrogens is 488 g/mol. The summed E-state index contributed by atoms with van der Waals surface area (Å²) in [6, 6.07) is 24.4. The summed E-state index contributed by atoms with van der Waals surface area (Å²) in [5.41, 5.74) is 12.5. The minimum absolute atomic E-state index is 0.162. The van der Waals surface area contributed by atoms with Crippen LogP contribution in [0.5, 0.6) is 11.5 Å². The highest BCUT2D eigenvalue weighted by Crippen LogP contribution is 2.24. The minimum Gasteiger partial charge on any atom is -0.457 e. The molecule has 1 fully saturated rings. The maximum absolute atomic E-state index is 12.7. The highest BCUT2D eigenvalue weighted by Gasteiger charge is 2.31. The molecule has 0 saturated carbocycles. The van der Waals surface area contributed by atoms with E-state index in [1.807, 2.05) is 42.5 Å². The lowest BCUT2D eigenvalue weighted by Crippen LogP contribution is -2.53. The van der Waals surface area contributed by atoms with Crippen molar-refractivity contribution in [2.75, 3.05) is 43.9 Å². The van der Waals surface area contributed by atoms with E-state index >= 15 is 0 Å². The Kier molecular flexibility index (Phi) is 12.6. The van der Waals surface area contributed by atoms with Crippen LogP contribution in [0.15, 0.2) is 78.9 Å². The predicted molar refractivity (Wildman–Crippen MR) is 147 cm³/mol. The van der Waals surface area contributed by atoms with Gasteiger partial charge in [0.15, 0.2) is 6.10 Å². The minimum atomic E-state index is -1.46. The van der Waals surface area contributed by atoms with Gasteiger partial charge in [-0.2, -0.15) is 0 Å². The molecule has 2 amide bonds. The van der Waals surface area contributed by atoms with E-state index in [1.165, 1.54) is 0 Å². The summed E-state index contributed by atoms with van der Waals surface area (Å²) < 4.78 is 5.77. The molecule has 10 heteroatoms. The number of para-hydroxylation sites is 1. The zero-order valence-corrected chi connectivity index (χ0v) is 21.4. The van der Waals surface area contributed by atoms with E-state index in [1.54, 1.807) is 41.3 Å². The molecule has 0 aromatic heterocycles. The van der Waals surface area contributed by atoms with Gasteiger partial charge in [0.1, 0.15) is 11.5 Å². The van der Waals surface area contributed by atoms with E-state index in [2.05, 4.69) is 10.6 Å². The number of hydrogen-bond donors (Lipinski definition) is 5. The fourth-order valence-corrected chi connectivity index (χ4v) is 3.94. The van der Waals surface area contributed by atoms with Crippen molar-refractivity contribution in [1.82, 2.24) is 4.90 Å². The molecule has 38 heavy (non-hydrogen) atoms. The monoisotopic (exact) mass is 524 g/mol. The first kappa shape index (κ1) is 30.1. The average Bonchev–Trinajstić information content (AvgIpc) is 2.95. The van der Waals surface area contributed by atoms with Crippen molar-refractivity contribution in [3.8, 4) is 11.5 Å². The SMILES string of the molecule is CO.NC=O.Nc1cccc(Oc2ccc(CC(O)C(O)C(=O)N3CCN(c4ccccc4)CC3)cc2)c1.